The molecule has 0 aliphatic rings. The number of furan rings is 1. The predicted octanol–water partition coefficient (Wildman–Crippen LogP) is 2.40. The monoisotopic (exact) mass is 331 g/mol. The van der Waals surface area contributed by atoms with E-state index in [9.17, 15) is 17.2 Å². The fourth-order valence-electron chi connectivity index (χ4n) is 1.88. The van der Waals surface area contributed by atoms with Gasteiger partial charge in [-0.25, -0.2) is 17.2 Å². The lowest BCUT2D eigenvalue weighted by molar-refractivity contribution is 0.175. The molecule has 1 aromatic carbocycles. The highest BCUT2D eigenvalue weighted by Crippen LogP contribution is 2.20. The van der Waals surface area contributed by atoms with Gasteiger partial charge in [0.15, 0.2) is 0 Å². The lowest BCUT2D eigenvalue weighted by Gasteiger charge is -2.21. The standard InChI is InChI=1S/C14H15F2NO4S/c1-20-6-4-17(10-13-3-2-5-21-13)22(18,19)14-8-11(15)7-12(16)9-14/h2-3,5,7-9H,4,6,10H2,1H3. The van der Waals surface area contributed by atoms with Gasteiger partial charge in [-0.15, -0.1) is 0 Å². The third kappa shape index (κ3) is 3.90. The third-order valence-electron chi connectivity index (χ3n) is 2.93. The van der Waals surface area contributed by atoms with E-state index in [4.69, 9.17) is 9.15 Å². The van der Waals surface area contributed by atoms with Crippen LogP contribution in [0.3, 0.4) is 0 Å². The fourth-order valence-corrected chi connectivity index (χ4v) is 3.31. The SMILES string of the molecule is COCCN(Cc1ccco1)S(=O)(=O)c1cc(F)cc(F)c1. The summed E-state index contributed by atoms with van der Waals surface area (Å²) in [5, 5.41) is 0. The van der Waals surface area contributed by atoms with Crippen LogP contribution in [0.4, 0.5) is 8.78 Å². The van der Waals surface area contributed by atoms with E-state index in [0.29, 0.717) is 11.8 Å². The lowest BCUT2D eigenvalue weighted by atomic mass is 10.3. The predicted molar refractivity (Wildman–Crippen MR) is 74.5 cm³/mol. The van der Waals surface area contributed by atoms with Gasteiger partial charge in [-0.1, -0.05) is 0 Å². The summed E-state index contributed by atoms with van der Waals surface area (Å²) in [6, 6.07) is 5.41. The quantitative estimate of drug-likeness (QED) is 0.782. The summed E-state index contributed by atoms with van der Waals surface area (Å²) in [5.41, 5.74) is 0. The largest absolute Gasteiger partial charge is 0.468 e. The first-order chi connectivity index (χ1) is 10.4. The van der Waals surface area contributed by atoms with Gasteiger partial charge >= 0.3 is 0 Å². The number of rotatable bonds is 7. The van der Waals surface area contributed by atoms with Crippen molar-refractivity contribution in [2.45, 2.75) is 11.4 Å². The first-order valence-electron chi connectivity index (χ1n) is 6.41. The first-order valence-corrected chi connectivity index (χ1v) is 7.85. The highest BCUT2D eigenvalue weighted by Gasteiger charge is 2.26. The average Bonchev–Trinajstić information content (AvgIpc) is 2.95. The van der Waals surface area contributed by atoms with Crippen molar-refractivity contribution >= 4 is 10.0 Å². The molecular weight excluding hydrogens is 316 g/mol. The molecule has 0 N–H and O–H groups in total. The van der Waals surface area contributed by atoms with Crippen molar-refractivity contribution in [1.82, 2.24) is 4.31 Å². The molecule has 5 nitrogen and oxygen atoms in total. The minimum Gasteiger partial charge on any atom is -0.468 e. The van der Waals surface area contributed by atoms with Crippen molar-refractivity contribution in [2.24, 2.45) is 0 Å². The number of nitrogens with zero attached hydrogens (tertiary/aromatic N) is 1. The average molecular weight is 331 g/mol. The van der Waals surface area contributed by atoms with E-state index in [1.54, 1.807) is 12.1 Å². The maximum Gasteiger partial charge on any atom is 0.243 e. The van der Waals surface area contributed by atoms with Crippen molar-refractivity contribution in [2.75, 3.05) is 20.3 Å². The molecule has 22 heavy (non-hydrogen) atoms. The molecule has 1 aromatic heterocycles. The van der Waals surface area contributed by atoms with E-state index in [1.165, 1.54) is 13.4 Å². The van der Waals surface area contributed by atoms with Crippen LogP contribution in [0, 0.1) is 11.6 Å². The first kappa shape index (κ1) is 16.6. The molecule has 0 aliphatic carbocycles. The molecule has 0 saturated heterocycles. The van der Waals surface area contributed by atoms with Crippen LogP contribution in [0.5, 0.6) is 0 Å². The number of ether oxygens (including phenoxy) is 1. The maximum atomic E-state index is 13.3. The van der Waals surface area contributed by atoms with Crippen LogP contribution < -0.4 is 0 Å². The van der Waals surface area contributed by atoms with Gasteiger partial charge in [0, 0.05) is 19.7 Å². The molecule has 0 spiro atoms. The molecule has 0 fully saturated rings. The molecule has 0 amide bonds. The van der Waals surface area contributed by atoms with Crippen molar-refractivity contribution in [3.05, 3.63) is 54.0 Å². The van der Waals surface area contributed by atoms with Gasteiger partial charge in [0.2, 0.25) is 10.0 Å². The van der Waals surface area contributed by atoms with Gasteiger partial charge in [0.1, 0.15) is 17.4 Å². The van der Waals surface area contributed by atoms with Gasteiger partial charge in [-0.3, -0.25) is 0 Å². The zero-order valence-electron chi connectivity index (χ0n) is 11.8. The minimum atomic E-state index is -4.08. The van der Waals surface area contributed by atoms with E-state index in [1.807, 2.05) is 0 Å². The number of hydrogen-bond acceptors (Lipinski definition) is 4. The summed E-state index contributed by atoms with van der Waals surface area (Å²) in [5.74, 6) is -1.50. The van der Waals surface area contributed by atoms with Gasteiger partial charge < -0.3 is 9.15 Å². The Morgan fingerprint density at radius 3 is 2.45 bits per heavy atom. The lowest BCUT2D eigenvalue weighted by Crippen LogP contribution is -2.33. The summed E-state index contributed by atoms with van der Waals surface area (Å²) in [7, 11) is -2.65. The number of methoxy groups -OCH3 is 1. The second kappa shape index (κ2) is 6.99. The number of hydrogen-bond donors (Lipinski definition) is 0. The Hall–Kier alpha value is -1.77. The van der Waals surface area contributed by atoms with E-state index in [2.05, 4.69) is 0 Å². The minimum absolute atomic E-state index is 0.0255. The summed E-state index contributed by atoms with van der Waals surface area (Å²) in [6.45, 7) is 0.103. The topological polar surface area (TPSA) is 59.8 Å². The highest BCUT2D eigenvalue weighted by molar-refractivity contribution is 7.89. The Bertz CT molecular complexity index is 696. The van der Waals surface area contributed by atoms with Crippen LogP contribution in [-0.2, 0) is 21.3 Å². The Morgan fingerprint density at radius 1 is 1.23 bits per heavy atom. The number of halogens is 2. The fraction of sp³-hybridized carbons (Fsp3) is 0.286. The molecule has 0 radical (unpaired) electrons. The zero-order valence-corrected chi connectivity index (χ0v) is 12.6. The van der Waals surface area contributed by atoms with E-state index >= 15 is 0 Å². The van der Waals surface area contributed by atoms with Crippen LogP contribution in [0.2, 0.25) is 0 Å². The molecule has 0 aliphatic heterocycles. The molecule has 0 bridgehead atoms. The number of sulfonamides is 1. The second-order valence-corrected chi connectivity index (χ2v) is 6.45. The zero-order chi connectivity index (χ0) is 16.2. The normalized spacial score (nSPS) is 12.0. The van der Waals surface area contributed by atoms with Gasteiger partial charge in [0.25, 0.3) is 0 Å². The van der Waals surface area contributed by atoms with Gasteiger partial charge in [0.05, 0.1) is 24.3 Å². The van der Waals surface area contributed by atoms with Gasteiger partial charge in [-0.2, -0.15) is 4.31 Å². The van der Waals surface area contributed by atoms with E-state index in [0.717, 1.165) is 16.4 Å². The van der Waals surface area contributed by atoms with Crippen molar-refractivity contribution in [1.29, 1.82) is 0 Å². The Kier molecular flexibility index (Phi) is 5.28. The maximum absolute atomic E-state index is 13.3. The van der Waals surface area contributed by atoms with Crippen LogP contribution in [0.1, 0.15) is 5.76 Å². The molecule has 0 atom stereocenters. The summed E-state index contributed by atoms with van der Waals surface area (Å²) >= 11 is 0. The molecule has 8 heteroatoms. The van der Waals surface area contributed by atoms with Crippen LogP contribution in [-0.4, -0.2) is 33.0 Å². The molecule has 0 saturated carbocycles. The summed E-state index contributed by atoms with van der Waals surface area (Å²) in [6.07, 6.45) is 1.41. The molecule has 2 aromatic rings. The van der Waals surface area contributed by atoms with E-state index in [-0.39, 0.29) is 19.7 Å². The van der Waals surface area contributed by atoms with Crippen LogP contribution >= 0.6 is 0 Å². The molecule has 120 valence electrons. The van der Waals surface area contributed by atoms with Gasteiger partial charge in [-0.05, 0) is 24.3 Å². The Balaban J connectivity index is 2.34. The molecule has 1 heterocycles. The summed E-state index contributed by atoms with van der Waals surface area (Å²) in [4.78, 5) is -0.451. The van der Waals surface area contributed by atoms with E-state index < -0.39 is 26.6 Å². The second-order valence-electron chi connectivity index (χ2n) is 4.52. The van der Waals surface area contributed by atoms with Crippen LogP contribution in [0.15, 0.2) is 45.9 Å². The van der Waals surface area contributed by atoms with Crippen molar-refractivity contribution in [3.63, 3.8) is 0 Å². The molecule has 2 rings (SSSR count). The third-order valence-corrected chi connectivity index (χ3v) is 4.75. The number of benzene rings is 1. The Morgan fingerprint density at radius 2 is 1.91 bits per heavy atom. The van der Waals surface area contributed by atoms with Crippen LogP contribution in [0.25, 0.3) is 0 Å². The summed E-state index contributed by atoms with van der Waals surface area (Å²) < 4.78 is 62.8. The smallest absolute Gasteiger partial charge is 0.243 e. The van der Waals surface area contributed by atoms with Crippen molar-refractivity contribution in [3.8, 4) is 0 Å². The van der Waals surface area contributed by atoms with Crippen molar-refractivity contribution < 1.29 is 26.4 Å². The highest BCUT2D eigenvalue weighted by atomic mass is 32.2. The molecular formula is C14H15F2NO4S. The Labute approximate surface area is 127 Å². The molecule has 0 unspecified atom stereocenters.